The average Bonchev–Trinajstić information content (AvgIpc) is 2.58. The Morgan fingerprint density at radius 2 is 1.92 bits per heavy atom. The van der Waals surface area contributed by atoms with E-state index in [1.165, 1.54) is 16.7 Å². The minimum atomic E-state index is -0.526. The Morgan fingerprint density at radius 3 is 2.54 bits per heavy atom. The first-order valence-electron chi connectivity index (χ1n) is 7.28. The summed E-state index contributed by atoms with van der Waals surface area (Å²) in [4.78, 5) is 27.6. The van der Waals surface area contributed by atoms with Gasteiger partial charge in [-0.2, -0.15) is 0 Å². The van der Waals surface area contributed by atoms with Gasteiger partial charge in [-0.3, -0.25) is 19.5 Å². The molecular formula is C17H15N3O4. The zero-order valence-corrected chi connectivity index (χ0v) is 13.2. The standard InChI is InChI=1S/C17H15N3O4/c1-11-18-16-14(4-3-5-15(16)20(22)23)17(21)19(11)10-12-6-8-13(24-2)9-7-12/h3-9H,10H2,1-2H3. The number of nitro benzene ring substituents is 1. The molecule has 1 heterocycles. The third kappa shape index (κ3) is 2.71. The topological polar surface area (TPSA) is 87.3 Å². The number of methoxy groups -OCH3 is 1. The monoisotopic (exact) mass is 325 g/mol. The van der Waals surface area contributed by atoms with Crippen molar-refractivity contribution >= 4 is 16.6 Å². The summed E-state index contributed by atoms with van der Waals surface area (Å²) in [7, 11) is 1.59. The van der Waals surface area contributed by atoms with Crippen LogP contribution < -0.4 is 10.3 Å². The number of fused-ring (bicyclic) bond motifs is 1. The summed E-state index contributed by atoms with van der Waals surface area (Å²) in [5.41, 5.74) is 0.574. The third-order valence-electron chi connectivity index (χ3n) is 3.85. The number of benzene rings is 2. The Bertz CT molecular complexity index is 978. The van der Waals surface area contributed by atoms with Crippen molar-refractivity contribution in [1.82, 2.24) is 9.55 Å². The maximum Gasteiger partial charge on any atom is 0.295 e. The molecule has 0 atom stereocenters. The summed E-state index contributed by atoms with van der Waals surface area (Å²) >= 11 is 0. The van der Waals surface area contributed by atoms with Crippen molar-refractivity contribution in [1.29, 1.82) is 0 Å². The van der Waals surface area contributed by atoms with Crippen LogP contribution in [-0.4, -0.2) is 21.6 Å². The molecule has 0 bridgehead atoms. The number of aromatic nitrogens is 2. The lowest BCUT2D eigenvalue weighted by Gasteiger charge is -2.11. The molecule has 0 aliphatic rings. The van der Waals surface area contributed by atoms with E-state index in [0.29, 0.717) is 12.4 Å². The van der Waals surface area contributed by atoms with E-state index in [2.05, 4.69) is 4.98 Å². The molecule has 0 aliphatic heterocycles. The van der Waals surface area contributed by atoms with Gasteiger partial charge in [-0.1, -0.05) is 18.2 Å². The second-order valence-electron chi connectivity index (χ2n) is 5.33. The van der Waals surface area contributed by atoms with Crippen LogP contribution in [-0.2, 0) is 6.54 Å². The second-order valence-corrected chi connectivity index (χ2v) is 5.33. The lowest BCUT2D eigenvalue weighted by Crippen LogP contribution is -2.24. The van der Waals surface area contributed by atoms with Crippen molar-refractivity contribution in [3.63, 3.8) is 0 Å². The van der Waals surface area contributed by atoms with Crippen LogP contribution in [0.25, 0.3) is 10.9 Å². The predicted octanol–water partition coefficient (Wildman–Crippen LogP) is 2.67. The highest BCUT2D eigenvalue weighted by atomic mass is 16.6. The highest BCUT2D eigenvalue weighted by molar-refractivity contribution is 5.86. The van der Waals surface area contributed by atoms with Gasteiger partial charge in [0.25, 0.3) is 11.2 Å². The van der Waals surface area contributed by atoms with Crippen molar-refractivity contribution in [2.24, 2.45) is 0 Å². The van der Waals surface area contributed by atoms with Gasteiger partial charge in [0.1, 0.15) is 11.6 Å². The molecule has 7 nitrogen and oxygen atoms in total. The van der Waals surface area contributed by atoms with E-state index >= 15 is 0 Å². The molecule has 1 aromatic heterocycles. The molecular weight excluding hydrogens is 310 g/mol. The van der Waals surface area contributed by atoms with Crippen LogP contribution in [0, 0.1) is 17.0 Å². The van der Waals surface area contributed by atoms with Crippen LogP contribution in [0.4, 0.5) is 5.69 Å². The van der Waals surface area contributed by atoms with Crippen LogP contribution in [0.3, 0.4) is 0 Å². The summed E-state index contributed by atoms with van der Waals surface area (Å²) in [6.45, 7) is 2.00. The van der Waals surface area contributed by atoms with E-state index in [1.807, 2.05) is 24.3 Å². The maximum atomic E-state index is 12.7. The maximum absolute atomic E-state index is 12.7. The Labute approximate surface area is 137 Å². The molecule has 2 aromatic carbocycles. The zero-order valence-electron chi connectivity index (χ0n) is 13.2. The number of para-hydroxylation sites is 1. The Morgan fingerprint density at radius 1 is 1.21 bits per heavy atom. The van der Waals surface area contributed by atoms with Gasteiger partial charge in [0.15, 0.2) is 5.52 Å². The fraction of sp³-hybridized carbons (Fsp3) is 0.176. The minimum Gasteiger partial charge on any atom is -0.497 e. The number of rotatable bonds is 4. The van der Waals surface area contributed by atoms with Crippen LogP contribution >= 0.6 is 0 Å². The zero-order chi connectivity index (χ0) is 17.3. The summed E-state index contributed by atoms with van der Waals surface area (Å²) < 4.78 is 6.62. The largest absolute Gasteiger partial charge is 0.497 e. The van der Waals surface area contributed by atoms with Gasteiger partial charge >= 0.3 is 0 Å². The van der Waals surface area contributed by atoms with Crippen LogP contribution in [0.5, 0.6) is 5.75 Å². The van der Waals surface area contributed by atoms with Crippen molar-refractivity contribution < 1.29 is 9.66 Å². The molecule has 0 radical (unpaired) electrons. The lowest BCUT2D eigenvalue weighted by atomic mass is 10.2. The van der Waals surface area contributed by atoms with Crippen molar-refractivity contribution in [2.45, 2.75) is 13.5 Å². The molecule has 0 saturated heterocycles. The SMILES string of the molecule is COc1ccc(Cn2c(C)nc3c([N+](=O)[O-])cccc3c2=O)cc1. The molecule has 0 unspecified atom stereocenters. The lowest BCUT2D eigenvalue weighted by molar-refractivity contribution is -0.383. The fourth-order valence-electron chi connectivity index (χ4n) is 2.58. The molecule has 0 saturated carbocycles. The van der Waals surface area contributed by atoms with Crippen LogP contribution in [0.1, 0.15) is 11.4 Å². The molecule has 3 aromatic rings. The van der Waals surface area contributed by atoms with Crippen molar-refractivity contribution in [2.75, 3.05) is 7.11 Å². The molecule has 0 amide bonds. The molecule has 3 rings (SSSR count). The Hall–Kier alpha value is -3.22. The Kier molecular flexibility index (Phi) is 3.99. The molecule has 24 heavy (non-hydrogen) atoms. The highest BCUT2D eigenvalue weighted by Gasteiger charge is 2.17. The summed E-state index contributed by atoms with van der Waals surface area (Å²) in [6, 6.07) is 11.8. The van der Waals surface area contributed by atoms with Crippen LogP contribution in [0.15, 0.2) is 47.3 Å². The smallest absolute Gasteiger partial charge is 0.295 e. The fourth-order valence-corrected chi connectivity index (χ4v) is 2.58. The van der Waals surface area contributed by atoms with E-state index in [9.17, 15) is 14.9 Å². The number of nitro groups is 1. The van der Waals surface area contributed by atoms with E-state index < -0.39 is 4.92 Å². The molecule has 0 aliphatic carbocycles. The highest BCUT2D eigenvalue weighted by Crippen LogP contribution is 2.21. The van der Waals surface area contributed by atoms with E-state index in [1.54, 1.807) is 20.1 Å². The van der Waals surface area contributed by atoms with Gasteiger partial charge < -0.3 is 4.74 Å². The van der Waals surface area contributed by atoms with Gasteiger partial charge in [-0.15, -0.1) is 0 Å². The van der Waals surface area contributed by atoms with E-state index in [4.69, 9.17) is 4.74 Å². The predicted molar refractivity (Wildman–Crippen MR) is 89.5 cm³/mol. The number of hydrogen-bond acceptors (Lipinski definition) is 5. The quantitative estimate of drug-likeness (QED) is 0.543. The summed E-state index contributed by atoms with van der Waals surface area (Å²) in [5, 5.41) is 11.4. The first-order chi connectivity index (χ1) is 11.5. The number of aryl methyl sites for hydroxylation is 1. The number of non-ortho nitro benzene ring substituents is 1. The molecule has 0 fully saturated rings. The van der Waals surface area contributed by atoms with Gasteiger partial charge in [0.05, 0.1) is 24.0 Å². The Balaban J connectivity index is 2.11. The molecule has 0 spiro atoms. The first kappa shape index (κ1) is 15.7. The molecule has 122 valence electrons. The average molecular weight is 325 g/mol. The van der Waals surface area contributed by atoms with Crippen molar-refractivity contribution in [3.8, 4) is 5.75 Å². The van der Waals surface area contributed by atoms with Gasteiger partial charge in [0, 0.05) is 6.07 Å². The summed E-state index contributed by atoms with van der Waals surface area (Å²) in [6.07, 6.45) is 0. The number of nitrogens with zero attached hydrogens (tertiary/aromatic N) is 3. The summed E-state index contributed by atoms with van der Waals surface area (Å²) in [5.74, 6) is 1.16. The third-order valence-corrected chi connectivity index (χ3v) is 3.85. The minimum absolute atomic E-state index is 0.121. The van der Waals surface area contributed by atoms with Gasteiger partial charge in [0.2, 0.25) is 0 Å². The van der Waals surface area contributed by atoms with E-state index in [-0.39, 0.29) is 22.1 Å². The number of ether oxygens (including phenoxy) is 1. The second kappa shape index (κ2) is 6.11. The van der Waals surface area contributed by atoms with E-state index in [0.717, 1.165) is 11.3 Å². The normalized spacial score (nSPS) is 10.8. The van der Waals surface area contributed by atoms with Crippen LogP contribution in [0.2, 0.25) is 0 Å². The first-order valence-corrected chi connectivity index (χ1v) is 7.28. The van der Waals surface area contributed by atoms with Gasteiger partial charge in [-0.05, 0) is 30.7 Å². The molecule has 0 N–H and O–H groups in total. The number of hydrogen-bond donors (Lipinski definition) is 0. The van der Waals surface area contributed by atoms with Gasteiger partial charge in [-0.25, -0.2) is 4.98 Å². The van der Waals surface area contributed by atoms with Crippen molar-refractivity contribution in [3.05, 3.63) is 74.3 Å². The molecule has 7 heteroatoms.